The van der Waals surface area contributed by atoms with E-state index in [1.807, 2.05) is 52.0 Å². The summed E-state index contributed by atoms with van der Waals surface area (Å²) in [5.41, 5.74) is 6.48. The molecule has 1 saturated carbocycles. The molecule has 0 saturated heterocycles. The largest absolute Gasteiger partial charge is 0.299 e. The van der Waals surface area contributed by atoms with Crippen LogP contribution in [-0.4, -0.2) is 23.1 Å². The summed E-state index contributed by atoms with van der Waals surface area (Å²) in [7, 11) is 0. The Morgan fingerprint density at radius 2 is 1.70 bits per heavy atom. The van der Waals surface area contributed by atoms with Gasteiger partial charge in [0.25, 0.3) is 0 Å². The van der Waals surface area contributed by atoms with Crippen LogP contribution in [0.4, 0.5) is 0 Å². The lowest BCUT2D eigenvalue weighted by Gasteiger charge is -2.61. The molecule has 3 aliphatic rings. The molecule has 0 spiro atoms. The third kappa shape index (κ3) is 3.71. The van der Waals surface area contributed by atoms with Gasteiger partial charge in [-0.05, 0) is 106 Å². The Morgan fingerprint density at radius 1 is 1.02 bits per heavy atom. The van der Waals surface area contributed by atoms with Crippen LogP contribution < -0.4 is 0 Å². The molecular weight excluding hydrogens is 496 g/mol. The quantitative estimate of drug-likeness (QED) is 0.295. The molecular formula is C36H42O4. The van der Waals surface area contributed by atoms with Gasteiger partial charge in [-0.2, -0.15) is 0 Å². The van der Waals surface area contributed by atoms with E-state index in [1.165, 1.54) is 6.92 Å². The zero-order chi connectivity index (χ0) is 29.5. The van der Waals surface area contributed by atoms with Crippen molar-refractivity contribution in [3.05, 3.63) is 69.3 Å². The summed E-state index contributed by atoms with van der Waals surface area (Å²) in [6, 6.07) is 9.94. The lowest BCUT2D eigenvalue weighted by Crippen LogP contribution is -2.61. The van der Waals surface area contributed by atoms with E-state index in [4.69, 9.17) is 0 Å². The minimum Gasteiger partial charge on any atom is -0.299 e. The SMILES string of the molecule is CCc1cc(-c2cccc(C(C)=O)c2)c2c(c1C)C(=O)C1=C(C)C3(C)C(=O)C(C(C)=O)C(C)CC3(C)CC1(C)C2. The summed E-state index contributed by atoms with van der Waals surface area (Å²) in [5, 5.41) is 0. The summed E-state index contributed by atoms with van der Waals surface area (Å²) in [6.07, 6.45) is 2.95. The standard InChI is InChI=1S/C36H42O4/c1-10-24-15-27(26-13-11-12-25(14-26)22(5)37)28-17-34(7)18-35(8)16-19(2)29(23(6)38)33(40)36(35,9)21(4)31(34)32(39)30(28)20(24)3/h11-15,19,29H,10,16-18H2,1-9H3. The monoisotopic (exact) mass is 538 g/mol. The fourth-order valence-electron chi connectivity index (χ4n) is 9.05. The van der Waals surface area contributed by atoms with Gasteiger partial charge in [0.1, 0.15) is 5.78 Å². The first-order valence-corrected chi connectivity index (χ1v) is 14.7. The summed E-state index contributed by atoms with van der Waals surface area (Å²) >= 11 is 0. The minimum atomic E-state index is -0.868. The van der Waals surface area contributed by atoms with Gasteiger partial charge in [0.2, 0.25) is 0 Å². The van der Waals surface area contributed by atoms with E-state index < -0.39 is 16.7 Å². The molecule has 0 bridgehead atoms. The molecule has 5 rings (SSSR count). The van der Waals surface area contributed by atoms with Crippen molar-refractivity contribution >= 4 is 23.1 Å². The van der Waals surface area contributed by atoms with Gasteiger partial charge in [0, 0.05) is 22.1 Å². The molecule has 1 fully saturated rings. The van der Waals surface area contributed by atoms with Crippen LogP contribution in [0.2, 0.25) is 0 Å². The molecule has 4 heteroatoms. The van der Waals surface area contributed by atoms with Crippen LogP contribution in [0.15, 0.2) is 41.5 Å². The topological polar surface area (TPSA) is 68.3 Å². The number of benzene rings is 2. The van der Waals surface area contributed by atoms with Gasteiger partial charge in [-0.15, -0.1) is 0 Å². The number of carbonyl (C=O) groups is 4. The van der Waals surface area contributed by atoms with E-state index in [0.717, 1.165) is 57.4 Å². The van der Waals surface area contributed by atoms with Gasteiger partial charge in [0.05, 0.1) is 11.3 Å². The first-order chi connectivity index (χ1) is 18.6. The van der Waals surface area contributed by atoms with Crippen molar-refractivity contribution in [2.75, 3.05) is 0 Å². The van der Waals surface area contributed by atoms with Crippen molar-refractivity contribution in [2.24, 2.45) is 28.1 Å². The van der Waals surface area contributed by atoms with Crippen LogP contribution in [0.5, 0.6) is 0 Å². The molecule has 4 nitrogen and oxygen atoms in total. The summed E-state index contributed by atoms with van der Waals surface area (Å²) in [5.74, 6) is -0.723. The molecule has 210 valence electrons. The number of allylic oxidation sites excluding steroid dienone is 2. The summed E-state index contributed by atoms with van der Waals surface area (Å²) in [6.45, 7) is 17.7. The highest BCUT2D eigenvalue weighted by molar-refractivity contribution is 6.16. The lowest BCUT2D eigenvalue weighted by molar-refractivity contribution is -0.154. The van der Waals surface area contributed by atoms with Gasteiger partial charge >= 0.3 is 0 Å². The predicted octanol–water partition coefficient (Wildman–Crippen LogP) is 7.72. The second-order valence-electron chi connectivity index (χ2n) is 13.6. The number of aryl methyl sites for hydroxylation is 1. The molecule has 0 N–H and O–H groups in total. The highest BCUT2D eigenvalue weighted by Gasteiger charge is 2.65. The van der Waals surface area contributed by atoms with Crippen molar-refractivity contribution in [3.63, 3.8) is 0 Å². The van der Waals surface area contributed by atoms with Crippen LogP contribution in [0, 0.1) is 35.0 Å². The number of Topliss-reactive ketones (excluding diaryl/α,β-unsaturated/α-hetero) is 4. The van der Waals surface area contributed by atoms with Crippen LogP contribution in [0.3, 0.4) is 0 Å². The van der Waals surface area contributed by atoms with E-state index >= 15 is 0 Å². The van der Waals surface area contributed by atoms with E-state index in [1.54, 1.807) is 6.92 Å². The zero-order valence-electron chi connectivity index (χ0n) is 25.5. The predicted molar refractivity (Wildman–Crippen MR) is 159 cm³/mol. The second kappa shape index (κ2) is 9.19. The van der Waals surface area contributed by atoms with Crippen LogP contribution in [0.25, 0.3) is 11.1 Å². The fourth-order valence-corrected chi connectivity index (χ4v) is 9.05. The van der Waals surface area contributed by atoms with Gasteiger partial charge in [-0.1, -0.05) is 57.5 Å². The van der Waals surface area contributed by atoms with Gasteiger partial charge < -0.3 is 0 Å². The smallest absolute Gasteiger partial charge is 0.190 e. The van der Waals surface area contributed by atoms with Crippen molar-refractivity contribution < 1.29 is 19.2 Å². The minimum absolute atomic E-state index is 0.0156. The highest BCUT2D eigenvalue weighted by Crippen LogP contribution is 2.67. The average Bonchev–Trinajstić information content (AvgIpc) is 2.86. The second-order valence-corrected chi connectivity index (χ2v) is 13.6. The third-order valence-corrected chi connectivity index (χ3v) is 11.1. The number of rotatable bonds is 4. The Labute approximate surface area is 238 Å². The van der Waals surface area contributed by atoms with E-state index in [9.17, 15) is 19.2 Å². The summed E-state index contributed by atoms with van der Waals surface area (Å²) < 4.78 is 0. The Bertz CT molecular complexity index is 1540. The number of fused-ring (bicyclic) bond motifs is 3. The van der Waals surface area contributed by atoms with Gasteiger partial charge in [-0.3, -0.25) is 19.2 Å². The number of hydrogen-bond donors (Lipinski definition) is 0. The zero-order valence-corrected chi connectivity index (χ0v) is 25.5. The Morgan fingerprint density at radius 3 is 2.30 bits per heavy atom. The third-order valence-electron chi connectivity index (χ3n) is 11.1. The maximum atomic E-state index is 14.7. The molecule has 2 aromatic carbocycles. The normalized spacial score (nSPS) is 31.4. The first kappa shape index (κ1) is 28.4. The molecule has 0 amide bonds. The van der Waals surface area contributed by atoms with Crippen LogP contribution in [0.1, 0.15) is 106 Å². The Hall–Kier alpha value is -3.14. The molecule has 3 aliphatic carbocycles. The van der Waals surface area contributed by atoms with Crippen molar-refractivity contribution in [2.45, 2.75) is 88.0 Å². The Balaban J connectivity index is 1.79. The molecule has 0 aliphatic heterocycles. The lowest BCUT2D eigenvalue weighted by atomic mass is 9.40. The molecule has 0 heterocycles. The van der Waals surface area contributed by atoms with E-state index in [-0.39, 0.29) is 34.5 Å². The van der Waals surface area contributed by atoms with Crippen molar-refractivity contribution in [3.8, 4) is 11.1 Å². The number of carbonyl (C=O) groups excluding carboxylic acids is 4. The number of hydrogen-bond acceptors (Lipinski definition) is 4. The molecule has 40 heavy (non-hydrogen) atoms. The van der Waals surface area contributed by atoms with Crippen LogP contribution >= 0.6 is 0 Å². The molecule has 0 radical (unpaired) electrons. The molecule has 5 atom stereocenters. The average molecular weight is 539 g/mol. The maximum absolute atomic E-state index is 14.7. The maximum Gasteiger partial charge on any atom is 0.190 e. The van der Waals surface area contributed by atoms with Gasteiger partial charge in [-0.25, -0.2) is 0 Å². The van der Waals surface area contributed by atoms with E-state index in [2.05, 4.69) is 26.8 Å². The fraction of sp³-hybridized carbons (Fsp3) is 0.500. The first-order valence-electron chi connectivity index (χ1n) is 14.7. The van der Waals surface area contributed by atoms with Gasteiger partial charge in [0.15, 0.2) is 17.3 Å². The number of ketones is 4. The highest BCUT2D eigenvalue weighted by atomic mass is 16.2. The molecule has 2 aromatic rings. The van der Waals surface area contributed by atoms with E-state index in [0.29, 0.717) is 18.4 Å². The van der Waals surface area contributed by atoms with Crippen molar-refractivity contribution in [1.29, 1.82) is 0 Å². The van der Waals surface area contributed by atoms with Crippen molar-refractivity contribution in [1.82, 2.24) is 0 Å². The summed E-state index contributed by atoms with van der Waals surface area (Å²) in [4.78, 5) is 53.8. The Kier molecular flexibility index (Phi) is 6.52. The van der Waals surface area contributed by atoms with Crippen LogP contribution in [-0.2, 0) is 22.4 Å². The molecule has 0 aromatic heterocycles. The molecule has 5 unspecified atom stereocenters.